The van der Waals surface area contributed by atoms with Crippen molar-refractivity contribution in [3.8, 4) is 0 Å². The van der Waals surface area contributed by atoms with Crippen molar-refractivity contribution in [2.45, 2.75) is 42.5 Å². The van der Waals surface area contributed by atoms with Crippen molar-refractivity contribution >= 4 is 11.8 Å². The maximum absolute atomic E-state index is 6.01. The molecule has 0 aromatic carbocycles. The largest absolute Gasteiger partial charge is 0.363 e. The SMILES string of the molecule is C[C@@H]1O[C@H](Sc2ncccn2)CC[C@@H]1N(C)C. The normalized spacial score (nSPS) is 29.5. The Morgan fingerprint density at radius 3 is 2.59 bits per heavy atom. The zero-order valence-corrected chi connectivity index (χ0v) is 11.4. The molecule has 2 heterocycles. The summed E-state index contributed by atoms with van der Waals surface area (Å²) in [6.45, 7) is 2.14. The summed E-state index contributed by atoms with van der Waals surface area (Å²) < 4.78 is 6.01. The van der Waals surface area contributed by atoms with Gasteiger partial charge in [-0.05, 0) is 39.9 Å². The van der Waals surface area contributed by atoms with Crippen LogP contribution < -0.4 is 0 Å². The molecule has 0 N–H and O–H groups in total. The minimum atomic E-state index is 0.184. The van der Waals surface area contributed by atoms with Crippen LogP contribution in [-0.2, 0) is 4.74 Å². The first-order valence-electron chi connectivity index (χ1n) is 5.92. The van der Waals surface area contributed by atoms with Crippen LogP contribution in [0, 0.1) is 0 Å². The van der Waals surface area contributed by atoms with Gasteiger partial charge in [-0.1, -0.05) is 11.8 Å². The van der Waals surface area contributed by atoms with Crippen LogP contribution in [0.5, 0.6) is 0 Å². The van der Waals surface area contributed by atoms with Gasteiger partial charge < -0.3 is 9.64 Å². The minimum Gasteiger partial charge on any atom is -0.363 e. The van der Waals surface area contributed by atoms with Gasteiger partial charge in [-0.25, -0.2) is 9.97 Å². The summed E-state index contributed by atoms with van der Waals surface area (Å²) in [7, 11) is 4.22. The second-order valence-electron chi connectivity index (χ2n) is 4.53. The second-order valence-corrected chi connectivity index (χ2v) is 5.65. The summed E-state index contributed by atoms with van der Waals surface area (Å²) in [5, 5.41) is 0.799. The Kier molecular flexibility index (Phi) is 4.36. The van der Waals surface area contributed by atoms with Crippen molar-refractivity contribution in [3.63, 3.8) is 0 Å². The van der Waals surface area contributed by atoms with Gasteiger partial charge in [0.25, 0.3) is 0 Å². The molecule has 0 saturated carbocycles. The molecule has 4 nitrogen and oxygen atoms in total. The Morgan fingerprint density at radius 2 is 2.00 bits per heavy atom. The van der Waals surface area contributed by atoms with Gasteiger partial charge >= 0.3 is 0 Å². The second kappa shape index (κ2) is 5.80. The predicted octanol–water partition coefficient (Wildman–Crippen LogP) is 2.02. The first-order valence-corrected chi connectivity index (χ1v) is 6.80. The first kappa shape index (κ1) is 12.8. The van der Waals surface area contributed by atoms with Gasteiger partial charge in [-0.15, -0.1) is 0 Å². The van der Waals surface area contributed by atoms with Gasteiger partial charge in [0, 0.05) is 18.4 Å². The summed E-state index contributed by atoms with van der Waals surface area (Å²) in [4.78, 5) is 10.7. The van der Waals surface area contributed by atoms with E-state index in [0.29, 0.717) is 6.04 Å². The molecular formula is C12H19N3OS. The van der Waals surface area contributed by atoms with E-state index in [-0.39, 0.29) is 11.5 Å². The lowest BCUT2D eigenvalue weighted by atomic mass is 10.0. The van der Waals surface area contributed by atoms with Crippen molar-refractivity contribution in [1.29, 1.82) is 0 Å². The van der Waals surface area contributed by atoms with Gasteiger partial charge in [0.1, 0.15) is 5.44 Å². The maximum atomic E-state index is 6.01. The van der Waals surface area contributed by atoms with Crippen LogP contribution in [0.3, 0.4) is 0 Å². The van der Waals surface area contributed by atoms with E-state index < -0.39 is 0 Å². The summed E-state index contributed by atoms with van der Waals surface area (Å²) in [5.74, 6) is 0. The molecule has 1 aromatic rings. The average molecular weight is 253 g/mol. The van der Waals surface area contributed by atoms with Crippen LogP contribution in [0.25, 0.3) is 0 Å². The summed E-state index contributed by atoms with van der Waals surface area (Å²) in [5.41, 5.74) is 0.184. The molecule has 94 valence electrons. The maximum Gasteiger partial charge on any atom is 0.189 e. The molecule has 1 saturated heterocycles. The smallest absolute Gasteiger partial charge is 0.189 e. The Morgan fingerprint density at radius 1 is 1.29 bits per heavy atom. The third-order valence-electron chi connectivity index (χ3n) is 3.05. The number of hydrogen-bond donors (Lipinski definition) is 0. The number of aromatic nitrogens is 2. The van der Waals surface area contributed by atoms with Crippen molar-refractivity contribution in [2.75, 3.05) is 14.1 Å². The topological polar surface area (TPSA) is 38.3 Å². The standard InChI is InChI=1S/C12H19N3OS/c1-9-10(15(2)3)5-6-11(16-9)17-12-13-7-4-8-14-12/h4,7-11H,5-6H2,1-3H3/t9-,10-,11+/m0/s1. The van der Waals surface area contributed by atoms with Crippen LogP contribution in [0.15, 0.2) is 23.6 Å². The lowest BCUT2D eigenvalue weighted by Crippen LogP contribution is -2.44. The summed E-state index contributed by atoms with van der Waals surface area (Å²) in [6, 6.07) is 2.35. The van der Waals surface area contributed by atoms with Crippen LogP contribution >= 0.6 is 11.8 Å². The van der Waals surface area contributed by atoms with E-state index in [1.54, 1.807) is 24.2 Å². The van der Waals surface area contributed by atoms with Gasteiger partial charge in [0.15, 0.2) is 5.16 Å². The molecule has 2 rings (SSSR count). The van der Waals surface area contributed by atoms with Crippen molar-refractivity contribution in [3.05, 3.63) is 18.5 Å². The molecule has 3 atom stereocenters. The lowest BCUT2D eigenvalue weighted by Gasteiger charge is -2.37. The van der Waals surface area contributed by atoms with Gasteiger partial charge in [-0.2, -0.15) is 0 Å². The molecule has 0 unspecified atom stereocenters. The molecule has 1 aromatic heterocycles. The molecule has 1 aliphatic rings. The van der Waals surface area contributed by atoms with Gasteiger partial charge in [0.2, 0.25) is 0 Å². The molecule has 0 radical (unpaired) electrons. The fourth-order valence-electron chi connectivity index (χ4n) is 2.17. The highest BCUT2D eigenvalue weighted by molar-refractivity contribution is 7.99. The molecule has 0 bridgehead atoms. The molecule has 0 spiro atoms. The monoisotopic (exact) mass is 253 g/mol. The van der Waals surface area contributed by atoms with Gasteiger partial charge in [-0.3, -0.25) is 0 Å². The highest BCUT2D eigenvalue weighted by Gasteiger charge is 2.30. The highest BCUT2D eigenvalue weighted by atomic mass is 32.2. The van der Waals surface area contributed by atoms with E-state index in [0.717, 1.165) is 11.6 Å². The average Bonchev–Trinajstić information content (AvgIpc) is 2.30. The Balaban J connectivity index is 1.90. The number of rotatable bonds is 3. The molecule has 5 heteroatoms. The quantitative estimate of drug-likeness (QED) is 0.771. The third kappa shape index (κ3) is 3.40. The van der Waals surface area contributed by atoms with E-state index in [9.17, 15) is 0 Å². The van der Waals surface area contributed by atoms with E-state index in [1.807, 2.05) is 6.07 Å². The molecule has 1 fully saturated rings. The Labute approximate surface area is 107 Å². The van der Waals surface area contributed by atoms with Crippen LogP contribution in [-0.4, -0.2) is 46.5 Å². The zero-order chi connectivity index (χ0) is 12.3. The van der Waals surface area contributed by atoms with Gasteiger partial charge in [0.05, 0.1) is 6.10 Å². The van der Waals surface area contributed by atoms with Crippen molar-refractivity contribution in [2.24, 2.45) is 0 Å². The van der Waals surface area contributed by atoms with E-state index in [1.165, 1.54) is 6.42 Å². The number of nitrogens with zero attached hydrogens (tertiary/aromatic N) is 3. The number of ether oxygens (including phenoxy) is 1. The summed E-state index contributed by atoms with van der Waals surface area (Å²) in [6.07, 6.45) is 6.02. The van der Waals surface area contributed by atoms with Crippen LogP contribution in [0.2, 0.25) is 0 Å². The Bertz CT molecular complexity index is 347. The van der Waals surface area contributed by atoms with Crippen LogP contribution in [0.1, 0.15) is 19.8 Å². The molecule has 1 aliphatic heterocycles. The zero-order valence-electron chi connectivity index (χ0n) is 10.5. The van der Waals surface area contributed by atoms with E-state index in [4.69, 9.17) is 4.74 Å². The first-order chi connectivity index (χ1) is 8.16. The Hall–Kier alpha value is -0.650. The van der Waals surface area contributed by atoms with E-state index in [2.05, 4.69) is 35.9 Å². The van der Waals surface area contributed by atoms with Crippen molar-refractivity contribution < 1.29 is 4.74 Å². The fraction of sp³-hybridized carbons (Fsp3) is 0.667. The number of hydrogen-bond acceptors (Lipinski definition) is 5. The summed E-state index contributed by atoms with van der Waals surface area (Å²) >= 11 is 1.62. The van der Waals surface area contributed by atoms with E-state index >= 15 is 0 Å². The molecule has 0 amide bonds. The highest BCUT2D eigenvalue weighted by Crippen LogP contribution is 2.31. The van der Waals surface area contributed by atoms with Crippen molar-refractivity contribution in [1.82, 2.24) is 14.9 Å². The predicted molar refractivity (Wildman–Crippen MR) is 68.9 cm³/mol. The number of likely N-dealkylation sites (N-methyl/N-ethyl adjacent to an activating group) is 1. The number of thioether (sulfide) groups is 1. The fourth-order valence-corrected chi connectivity index (χ4v) is 3.13. The van der Waals surface area contributed by atoms with Crippen LogP contribution in [0.4, 0.5) is 0 Å². The lowest BCUT2D eigenvalue weighted by molar-refractivity contribution is -0.0430. The molecular weight excluding hydrogens is 234 g/mol. The third-order valence-corrected chi connectivity index (χ3v) is 4.08. The molecule has 17 heavy (non-hydrogen) atoms. The minimum absolute atomic E-state index is 0.184. The molecule has 0 aliphatic carbocycles.